The van der Waals surface area contributed by atoms with E-state index in [-0.39, 0.29) is 24.8 Å². The Morgan fingerprint density at radius 2 is 2.00 bits per heavy atom. The first kappa shape index (κ1) is 14.2. The Morgan fingerprint density at radius 1 is 1.25 bits per heavy atom. The van der Waals surface area contributed by atoms with E-state index >= 15 is 0 Å². The SMILES string of the molecule is COC(=O)C1CC(=O)N(c2cccc(OC)c2OC)C1. The number of ether oxygens (including phenoxy) is 3. The van der Waals surface area contributed by atoms with E-state index in [4.69, 9.17) is 14.2 Å². The van der Waals surface area contributed by atoms with Crippen LogP contribution in [0.2, 0.25) is 0 Å². The van der Waals surface area contributed by atoms with Crippen molar-refractivity contribution in [2.24, 2.45) is 5.92 Å². The van der Waals surface area contributed by atoms with Crippen LogP contribution < -0.4 is 14.4 Å². The first-order chi connectivity index (χ1) is 9.62. The highest BCUT2D eigenvalue weighted by Gasteiger charge is 2.37. The number of carbonyl (C=O) groups is 2. The number of benzene rings is 1. The van der Waals surface area contributed by atoms with E-state index in [1.807, 2.05) is 0 Å². The zero-order chi connectivity index (χ0) is 14.7. The average molecular weight is 279 g/mol. The largest absolute Gasteiger partial charge is 0.493 e. The summed E-state index contributed by atoms with van der Waals surface area (Å²) >= 11 is 0. The highest BCUT2D eigenvalue weighted by atomic mass is 16.5. The predicted octanol–water partition coefficient (Wildman–Crippen LogP) is 1.23. The van der Waals surface area contributed by atoms with Crippen LogP contribution in [0.15, 0.2) is 18.2 Å². The fourth-order valence-corrected chi connectivity index (χ4v) is 2.35. The molecular weight excluding hydrogens is 262 g/mol. The summed E-state index contributed by atoms with van der Waals surface area (Å²) in [6.07, 6.45) is 0.146. The van der Waals surface area contributed by atoms with Crippen LogP contribution in [0.25, 0.3) is 0 Å². The number of esters is 1. The standard InChI is InChI=1S/C14H17NO5/c1-18-11-6-4-5-10(13(11)19-2)15-8-9(7-12(15)16)14(17)20-3/h4-6,9H,7-8H2,1-3H3. The molecule has 0 radical (unpaired) electrons. The van der Waals surface area contributed by atoms with Crippen molar-refractivity contribution >= 4 is 17.6 Å². The molecule has 1 unspecified atom stereocenters. The van der Waals surface area contributed by atoms with Gasteiger partial charge < -0.3 is 19.1 Å². The van der Waals surface area contributed by atoms with Gasteiger partial charge in [-0.05, 0) is 12.1 Å². The quantitative estimate of drug-likeness (QED) is 0.776. The van der Waals surface area contributed by atoms with Crippen molar-refractivity contribution in [1.82, 2.24) is 0 Å². The highest BCUT2D eigenvalue weighted by molar-refractivity contribution is 6.00. The molecule has 1 aromatic carbocycles. The van der Waals surface area contributed by atoms with Gasteiger partial charge in [-0.1, -0.05) is 6.07 Å². The summed E-state index contributed by atoms with van der Waals surface area (Å²) in [6, 6.07) is 5.29. The normalized spacial score (nSPS) is 18.1. The van der Waals surface area contributed by atoms with Gasteiger partial charge in [-0.15, -0.1) is 0 Å². The van der Waals surface area contributed by atoms with Gasteiger partial charge in [0, 0.05) is 13.0 Å². The minimum atomic E-state index is -0.441. The van der Waals surface area contributed by atoms with Gasteiger partial charge in [-0.25, -0.2) is 0 Å². The van der Waals surface area contributed by atoms with Gasteiger partial charge in [0.05, 0.1) is 32.9 Å². The van der Waals surface area contributed by atoms with Crippen LogP contribution in [0, 0.1) is 5.92 Å². The van der Waals surface area contributed by atoms with Gasteiger partial charge in [-0.3, -0.25) is 9.59 Å². The summed E-state index contributed by atoms with van der Waals surface area (Å²) in [6.45, 7) is 0.287. The minimum absolute atomic E-state index is 0.132. The Balaban J connectivity index is 2.33. The maximum absolute atomic E-state index is 12.1. The van der Waals surface area contributed by atoms with Gasteiger partial charge in [0.1, 0.15) is 0 Å². The summed E-state index contributed by atoms with van der Waals surface area (Å²) in [7, 11) is 4.37. The van der Waals surface area contributed by atoms with Gasteiger partial charge in [0.2, 0.25) is 5.91 Å². The average Bonchev–Trinajstić information content (AvgIpc) is 2.87. The van der Waals surface area contributed by atoms with E-state index < -0.39 is 5.92 Å². The molecule has 1 aromatic rings. The van der Waals surface area contributed by atoms with E-state index in [2.05, 4.69) is 0 Å². The summed E-state index contributed by atoms with van der Waals surface area (Å²) in [5, 5.41) is 0. The van der Waals surface area contributed by atoms with Crippen LogP contribution in [0.4, 0.5) is 5.69 Å². The first-order valence-electron chi connectivity index (χ1n) is 6.21. The number of para-hydroxylation sites is 1. The van der Waals surface area contributed by atoms with Crippen molar-refractivity contribution in [1.29, 1.82) is 0 Å². The first-order valence-corrected chi connectivity index (χ1v) is 6.21. The minimum Gasteiger partial charge on any atom is -0.493 e. The summed E-state index contributed by atoms with van der Waals surface area (Å²) in [5.74, 6) is 0.0752. The van der Waals surface area contributed by atoms with Crippen LogP contribution in [-0.2, 0) is 14.3 Å². The van der Waals surface area contributed by atoms with Crippen molar-refractivity contribution in [3.05, 3.63) is 18.2 Å². The zero-order valence-corrected chi connectivity index (χ0v) is 11.7. The molecule has 1 atom stereocenters. The molecule has 0 N–H and O–H groups in total. The van der Waals surface area contributed by atoms with Crippen molar-refractivity contribution in [2.45, 2.75) is 6.42 Å². The van der Waals surface area contributed by atoms with Gasteiger partial charge in [0.25, 0.3) is 0 Å². The molecule has 1 fully saturated rings. The van der Waals surface area contributed by atoms with Gasteiger partial charge >= 0.3 is 5.97 Å². The third kappa shape index (κ3) is 2.41. The monoisotopic (exact) mass is 279 g/mol. The molecule has 20 heavy (non-hydrogen) atoms. The highest BCUT2D eigenvalue weighted by Crippen LogP contribution is 2.39. The molecule has 108 valence electrons. The van der Waals surface area contributed by atoms with Crippen LogP contribution in [-0.4, -0.2) is 39.8 Å². The van der Waals surface area contributed by atoms with Crippen molar-refractivity contribution in [3.8, 4) is 11.5 Å². The Kier molecular flexibility index (Phi) is 4.12. The molecule has 0 aromatic heterocycles. The smallest absolute Gasteiger partial charge is 0.311 e. The number of nitrogens with zero attached hydrogens (tertiary/aromatic N) is 1. The number of rotatable bonds is 4. The van der Waals surface area contributed by atoms with E-state index in [0.29, 0.717) is 17.2 Å². The number of methoxy groups -OCH3 is 3. The lowest BCUT2D eigenvalue weighted by molar-refractivity contribution is -0.145. The van der Waals surface area contributed by atoms with Crippen LogP contribution in [0.1, 0.15) is 6.42 Å². The fraction of sp³-hybridized carbons (Fsp3) is 0.429. The second-order valence-electron chi connectivity index (χ2n) is 4.44. The molecule has 1 heterocycles. The molecule has 6 heteroatoms. The second-order valence-corrected chi connectivity index (χ2v) is 4.44. The van der Waals surface area contributed by atoms with Gasteiger partial charge in [-0.2, -0.15) is 0 Å². The molecule has 0 bridgehead atoms. The molecular formula is C14H17NO5. The van der Waals surface area contributed by atoms with Crippen LogP contribution in [0.5, 0.6) is 11.5 Å². The van der Waals surface area contributed by atoms with Gasteiger partial charge in [0.15, 0.2) is 11.5 Å². The molecule has 1 amide bonds. The number of hydrogen-bond donors (Lipinski definition) is 0. The molecule has 1 saturated heterocycles. The van der Waals surface area contributed by atoms with E-state index in [1.165, 1.54) is 26.2 Å². The number of hydrogen-bond acceptors (Lipinski definition) is 5. The maximum Gasteiger partial charge on any atom is 0.311 e. The third-order valence-electron chi connectivity index (χ3n) is 3.33. The van der Waals surface area contributed by atoms with E-state index in [1.54, 1.807) is 18.2 Å². The lowest BCUT2D eigenvalue weighted by atomic mass is 10.1. The summed E-state index contributed by atoms with van der Waals surface area (Å²) in [5.41, 5.74) is 0.600. The fourth-order valence-electron chi connectivity index (χ4n) is 2.35. The molecule has 6 nitrogen and oxygen atoms in total. The second kappa shape index (κ2) is 5.81. The Bertz CT molecular complexity index is 528. The molecule has 0 spiro atoms. The van der Waals surface area contributed by atoms with E-state index in [0.717, 1.165) is 0 Å². The Morgan fingerprint density at radius 3 is 2.60 bits per heavy atom. The Labute approximate surface area is 117 Å². The summed E-state index contributed by atoms with van der Waals surface area (Å²) in [4.78, 5) is 25.2. The topological polar surface area (TPSA) is 65.1 Å². The molecule has 0 saturated carbocycles. The van der Waals surface area contributed by atoms with Crippen molar-refractivity contribution in [3.63, 3.8) is 0 Å². The molecule has 1 aliphatic rings. The molecule has 0 aliphatic carbocycles. The zero-order valence-electron chi connectivity index (χ0n) is 11.7. The molecule has 1 aliphatic heterocycles. The predicted molar refractivity (Wildman–Crippen MR) is 72.0 cm³/mol. The summed E-state index contributed by atoms with van der Waals surface area (Å²) < 4.78 is 15.2. The van der Waals surface area contributed by atoms with Crippen molar-refractivity contribution < 1.29 is 23.8 Å². The molecule has 2 rings (SSSR count). The maximum atomic E-state index is 12.1. The van der Waals surface area contributed by atoms with Crippen molar-refractivity contribution in [2.75, 3.05) is 32.8 Å². The number of amides is 1. The van der Waals surface area contributed by atoms with Crippen LogP contribution in [0.3, 0.4) is 0 Å². The lowest BCUT2D eigenvalue weighted by Crippen LogP contribution is -2.26. The van der Waals surface area contributed by atoms with E-state index in [9.17, 15) is 9.59 Å². The number of carbonyl (C=O) groups excluding carboxylic acids is 2. The van der Waals surface area contributed by atoms with Crippen LogP contribution >= 0.6 is 0 Å². The Hall–Kier alpha value is -2.24. The number of anilines is 1. The lowest BCUT2D eigenvalue weighted by Gasteiger charge is -2.20. The third-order valence-corrected chi connectivity index (χ3v) is 3.33.